The molecule has 0 bridgehead atoms. The Bertz CT molecular complexity index is 81.0. The van der Waals surface area contributed by atoms with Gasteiger partial charge in [-0.15, -0.1) is 0 Å². The van der Waals surface area contributed by atoms with E-state index in [1.165, 1.54) is 0 Å². The smallest absolute Gasteiger partial charge is 0.107 e. The highest BCUT2D eigenvalue weighted by molar-refractivity contribution is 4.64. The zero-order valence-corrected chi connectivity index (χ0v) is 6.04. The predicted octanol–water partition coefficient (Wildman–Crippen LogP) is 0.636. The van der Waals surface area contributed by atoms with E-state index in [4.69, 9.17) is 11.7 Å². The fraction of sp³-hybridized carbons (Fsp3) is 0.714. The second kappa shape index (κ2) is 4.53. The number of allylic oxidation sites excluding steroid dienone is 1. The van der Waals surface area contributed by atoms with E-state index < -0.39 is 0 Å². The lowest BCUT2D eigenvalue weighted by Crippen LogP contribution is -2.26. The van der Waals surface area contributed by atoms with E-state index in [9.17, 15) is 0 Å². The van der Waals surface area contributed by atoms with Crippen LogP contribution in [0.2, 0.25) is 0 Å². The van der Waals surface area contributed by atoms with Crippen LogP contribution in [0, 0.1) is 6.58 Å². The number of nitrogens with zero attached hydrogens (tertiary/aromatic N) is 1. The van der Waals surface area contributed by atoms with Gasteiger partial charge in [0.2, 0.25) is 0 Å². The van der Waals surface area contributed by atoms with Crippen LogP contribution in [0.5, 0.6) is 0 Å². The molecule has 0 rings (SSSR count). The maximum Gasteiger partial charge on any atom is 0.107 e. The zero-order chi connectivity index (χ0) is 7.28. The molecule has 1 radical (unpaired) electrons. The quantitative estimate of drug-likeness (QED) is 0.561. The molecule has 1 atom stereocenters. The molecule has 0 saturated carbocycles. The Kier molecular flexibility index (Phi) is 4.36. The lowest BCUT2D eigenvalue weighted by atomic mass is 10.3. The number of rotatable bonds is 4. The van der Waals surface area contributed by atoms with E-state index in [1.54, 1.807) is 11.0 Å². The minimum Gasteiger partial charge on any atom is -0.378 e. The normalized spacial score (nSPS) is 13.8. The average Bonchev–Trinajstić information content (AvgIpc) is 1.82. The Hall–Kier alpha value is -0.340. The highest BCUT2D eigenvalue weighted by Crippen LogP contribution is 1.98. The van der Waals surface area contributed by atoms with E-state index in [-0.39, 0.29) is 6.23 Å². The molecule has 2 heteroatoms. The van der Waals surface area contributed by atoms with Crippen LogP contribution in [0.4, 0.5) is 0 Å². The summed E-state index contributed by atoms with van der Waals surface area (Å²) >= 11 is 0. The van der Waals surface area contributed by atoms with Gasteiger partial charge in [-0.25, -0.2) is 0 Å². The predicted molar refractivity (Wildman–Crippen MR) is 37.8 cm³/mol. The van der Waals surface area contributed by atoms with Crippen molar-refractivity contribution in [2.45, 2.75) is 19.1 Å². The summed E-state index contributed by atoms with van der Waals surface area (Å²) in [6, 6.07) is 0. The van der Waals surface area contributed by atoms with Crippen molar-refractivity contribution in [3.8, 4) is 0 Å². The molecule has 0 amide bonds. The molecule has 0 aromatic rings. The molecule has 2 nitrogen and oxygen atoms in total. The minimum absolute atomic E-state index is 0.357. The molecule has 1 unspecified atom stereocenters. The van der Waals surface area contributed by atoms with Crippen LogP contribution in [0.25, 0.3) is 0 Å². The molecular formula is C7H14NO. The van der Waals surface area contributed by atoms with Gasteiger partial charge in [0, 0.05) is 0 Å². The Morgan fingerprint density at radius 2 is 2.22 bits per heavy atom. The van der Waals surface area contributed by atoms with Crippen LogP contribution in [-0.4, -0.2) is 30.3 Å². The molecule has 0 aromatic heterocycles. The Balaban J connectivity index is 3.26. The van der Waals surface area contributed by atoms with Gasteiger partial charge >= 0.3 is 0 Å². The van der Waals surface area contributed by atoms with Gasteiger partial charge < -0.3 is 5.11 Å². The van der Waals surface area contributed by atoms with Gasteiger partial charge in [-0.2, -0.15) is 0 Å². The summed E-state index contributed by atoms with van der Waals surface area (Å²) in [7, 11) is 3.67. The summed E-state index contributed by atoms with van der Waals surface area (Å²) in [5, 5.41) is 9.11. The van der Waals surface area contributed by atoms with Crippen molar-refractivity contribution in [2.24, 2.45) is 0 Å². The third kappa shape index (κ3) is 4.18. The molecule has 0 aliphatic rings. The lowest BCUT2D eigenvalue weighted by molar-refractivity contribution is 0.0343. The van der Waals surface area contributed by atoms with Crippen molar-refractivity contribution in [3.63, 3.8) is 0 Å². The lowest BCUT2D eigenvalue weighted by Gasteiger charge is -2.16. The van der Waals surface area contributed by atoms with Crippen LogP contribution >= 0.6 is 0 Å². The summed E-state index contributed by atoms with van der Waals surface area (Å²) < 4.78 is 0. The number of hydrogen-bond donors (Lipinski definition) is 1. The van der Waals surface area contributed by atoms with Crippen LogP contribution in [0.3, 0.4) is 0 Å². The third-order valence-corrected chi connectivity index (χ3v) is 1.19. The molecule has 0 fully saturated rings. The van der Waals surface area contributed by atoms with Gasteiger partial charge in [-0.1, -0.05) is 12.7 Å². The topological polar surface area (TPSA) is 23.5 Å². The number of aliphatic hydroxyl groups excluding tert-OH is 1. The fourth-order valence-electron chi connectivity index (χ4n) is 0.503. The second-order valence-electron chi connectivity index (χ2n) is 2.26. The zero-order valence-electron chi connectivity index (χ0n) is 6.04. The molecule has 0 aliphatic carbocycles. The van der Waals surface area contributed by atoms with Crippen LogP contribution < -0.4 is 0 Å². The summed E-state index contributed by atoms with van der Waals surface area (Å²) in [5.41, 5.74) is 0. The third-order valence-electron chi connectivity index (χ3n) is 1.19. The maximum atomic E-state index is 9.11. The fourth-order valence-corrected chi connectivity index (χ4v) is 0.503. The molecule has 0 spiro atoms. The van der Waals surface area contributed by atoms with Crippen molar-refractivity contribution >= 4 is 0 Å². The Morgan fingerprint density at radius 3 is 2.56 bits per heavy atom. The highest BCUT2D eigenvalue weighted by Gasteiger charge is 2.02. The van der Waals surface area contributed by atoms with Crippen LogP contribution in [0.15, 0.2) is 6.08 Å². The van der Waals surface area contributed by atoms with Crippen molar-refractivity contribution < 1.29 is 5.11 Å². The van der Waals surface area contributed by atoms with E-state index >= 15 is 0 Å². The molecule has 1 N–H and O–H groups in total. The number of hydrogen-bond acceptors (Lipinski definition) is 2. The highest BCUT2D eigenvalue weighted by atomic mass is 16.3. The van der Waals surface area contributed by atoms with Gasteiger partial charge in [-0.05, 0) is 26.9 Å². The molecule has 9 heavy (non-hydrogen) atoms. The standard InChI is InChI=1S/C7H14NO/c1-4-5-6-7(9)8(2)3/h1,4,7,9H,5-6H2,2-3H3. The van der Waals surface area contributed by atoms with E-state index in [0.717, 1.165) is 6.42 Å². The van der Waals surface area contributed by atoms with Gasteiger partial charge in [0.1, 0.15) is 6.23 Å². The first-order chi connectivity index (χ1) is 4.18. The maximum absolute atomic E-state index is 9.11. The average molecular weight is 128 g/mol. The van der Waals surface area contributed by atoms with Crippen molar-refractivity contribution in [3.05, 3.63) is 12.7 Å². The second-order valence-corrected chi connectivity index (χ2v) is 2.26. The molecule has 0 heterocycles. The summed E-state index contributed by atoms with van der Waals surface area (Å²) in [5.74, 6) is 0. The Morgan fingerprint density at radius 1 is 1.67 bits per heavy atom. The van der Waals surface area contributed by atoms with E-state index in [2.05, 4.69) is 0 Å². The van der Waals surface area contributed by atoms with Gasteiger partial charge in [0.05, 0.1) is 0 Å². The molecular weight excluding hydrogens is 114 g/mol. The first-order valence-electron chi connectivity index (χ1n) is 3.06. The van der Waals surface area contributed by atoms with Crippen molar-refractivity contribution in [2.75, 3.05) is 14.1 Å². The van der Waals surface area contributed by atoms with Crippen molar-refractivity contribution in [1.29, 1.82) is 0 Å². The molecule has 0 aromatic carbocycles. The number of aliphatic hydroxyl groups is 1. The summed E-state index contributed by atoms with van der Waals surface area (Å²) in [6.45, 7) is 5.12. The minimum atomic E-state index is -0.357. The monoisotopic (exact) mass is 128 g/mol. The molecule has 53 valence electrons. The SMILES string of the molecule is [CH]=CCCC(O)N(C)C. The molecule has 0 aliphatic heterocycles. The van der Waals surface area contributed by atoms with Gasteiger partial charge in [-0.3, -0.25) is 4.90 Å². The first-order valence-corrected chi connectivity index (χ1v) is 3.06. The largest absolute Gasteiger partial charge is 0.378 e. The first kappa shape index (κ1) is 8.66. The van der Waals surface area contributed by atoms with Crippen LogP contribution in [-0.2, 0) is 0 Å². The molecule has 0 saturated heterocycles. The van der Waals surface area contributed by atoms with Crippen LogP contribution in [0.1, 0.15) is 12.8 Å². The van der Waals surface area contributed by atoms with E-state index in [1.807, 2.05) is 14.1 Å². The van der Waals surface area contributed by atoms with Gasteiger partial charge in [0.25, 0.3) is 0 Å². The Labute approximate surface area is 56.8 Å². The summed E-state index contributed by atoms with van der Waals surface area (Å²) in [6.07, 6.45) is 2.68. The van der Waals surface area contributed by atoms with Gasteiger partial charge in [0.15, 0.2) is 0 Å². The van der Waals surface area contributed by atoms with E-state index in [0.29, 0.717) is 6.42 Å². The van der Waals surface area contributed by atoms with Crippen molar-refractivity contribution in [1.82, 2.24) is 4.90 Å². The summed E-state index contributed by atoms with van der Waals surface area (Å²) in [4.78, 5) is 1.75.